The summed E-state index contributed by atoms with van der Waals surface area (Å²) in [5, 5.41) is -0.357. The van der Waals surface area contributed by atoms with Crippen LogP contribution in [0, 0.1) is 0 Å². The molecule has 0 radical (unpaired) electrons. The summed E-state index contributed by atoms with van der Waals surface area (Å²) in [4.78, 5) is 48.7. The first kappa shape index (κ1) is 21.4. The Labute approximate surface area is 180 Å². The van der Waals surface area contributed by atoms with Crippen molar-refractivity contribution in [3.63, 3.8) is 0 Å². The van der Waals surface area contributed by atoms with Crippen molar-refractivity contribution < 1.29 is 28.7 Å². The number of hydrogen-bond acceptors (Lipinski definition) is 7. The van der Waals surface area contributed by atoms with E-state index in [9.17, 15) is 19.2 Å². The Hall–Kier alpha value is -3.30. The molecular formula is C20H15ClN2O6S. The zero-order chi connectivity index (χ0) is 21.8. The molecule has 0 bridgehead atoms. The van der Waals surface area contributed by atoms with Crippen LogP contribution in [0.15, 0.2) is 47.4 Å². The predicted molar refractivity (Wildman–Crippen MR) is 111 cm³/mol. The lowest BCUT2D eigenvalue weighted by molar-refractivity contribution is -0.127. The van der Waals surface area contributed by atoms with Crippen LogP contribution in [0.1, 0.15) is 15.9 Å². The monoisotopic (exact) mass is 446 g/mol. The fraction of sp³-hybridized carbons (Fsp3) is 0.100. The third-order valence-electron chi connectivity index (χ3n) is 3.97. The molecule has 3 amide bonds. The molecule has 0 unspecified atom stereocenters. The third kappa shape index (κ3) is 4.64. The predicted octanol–water partition coefficient (Wildman–Crippen LogP) is 3.09. The number of halogens is 1. The molecule has 30 heavy (non-hydrogen) atoms. The quantitative estimate of drug-likeness (QED) is 0.411. The van der Waals surface area contributed by atoms with Crippen LogP contribution in [0.25, 0.3) is 6.08 Å². The van der Waals surface area contributed by atoms with Crippen LogP contribution in [-0.2, 0) is 9.59 Å². The summed E-state index contributed by atoms with van der Waals surface area (Å²) >= 11 is 6.71. The van der Waals surface area contributed by atoms with Gasteiger partial charge in [0.25, 0.3) is 11.1 Å². The second kappa shape index (κ2) is 9.02. The fourth-order valence-corrected chi connectivity index (χ4v) is 3.64. The molecule has 2 aromatic carbocycles. The van der Waals surface area contributed by atoms with Gasteiger partial charge in [-0.15, -0.1) is 0 Å². The average molecular weight is 447 g/mol. The molecular weight excluding hydrogens is 432 g/mol. The minimum atomic E-state index is -0.795. The topological polar surface area (TPSA) is 116 Å². The van der Waals surface area contributed by atoms with Gasteiger partial charge in [-0.2, -0.15) is 0 Å². The van der Waals surface area contributed by atoms with Crippen molar-refractivity contribution in [2.75, 3.05) is 13.7 Å². The molecule has 1 heterocycles. The Morgan fingerprint density at radius 3 is 2.57 bits per heavy atom. The number of esters is 1. The van der Waals surface area contributed by atoms with Gasteiger partial charge in [0.2, 0.25) is 5.91 Å². The normalized spacial score (nSPS) is 14.9. The maximum absolute atomic E-state index is 12.5. The van der Waals surface area contributed by atoms with Gasteiger partial charge in [-0.1, -0.05) is 29.8 Å². The summed E-state index contributed by atoms with van der Waals surface area (Å²) in [5.74, 6) is -1.72. The molecule has 0 aromatic heterocycles. The minimum Gasteiger partial charge on any atom is -0.493 e. The number of nitrogens with zero attached hydrogens (tertiary/aromatic N) is 1. The summed E-state index contributed by atoms with van der Waals surface area (Å²) in [6, 6.07) is 11.1. The smallest absolute Gasteiger partial charge is 0.345 e. The number of thioether (sulfide) groups is 1. The van der Waals surface area contributed by atoms with Gasteiger partial charge in [0.1, 0.15) is 6.54 Å². The van der Waals surface area contributed by atoms with Gasteiger partial charge < -0.3 is 15.2 Å². The molecule has 3 rings (SSSR count). The van der Waals surface area contributed by atoms with Gasteiger partial charge in [-0.3, -0.25) is 19.3 Å². The van der Waals surface area contributed by atoms with E-state index in [1.807, 2.05) is 0 Å². The van der Waals surface area contributed by atoms with Crippen molar-refractivity contribution >= 4 is 52.5 Å². The first-order valence-electron chi connectivity index (χ1n) is 8.48. The standard InChI is InChI=1S/C20H15ClN2O6S/c1-28-14-7-6-11(9-16-18(25)23(10-17(22)24)20(27)30-16)8-15(14)29-19(26)12-4-2-3-5-13(12)21/h2-9H,10H2,1H3,(H2,22,24)/b16-9-. The van der Waals surface area contributed by atoms with Crippen molar-refractivity contribution in [1.29, 1.82) is 0 Å². The molecule has 1 saturated heterocycles. The summed E-state index contributed by atoms with van der Waals surface area (Å²) in [5.41, 5.74) is 5.72. The number of methoxy groups -OCH3 is 1. The van der Waals surface area contributed by atoms with Crippen molar-refractivity contribution in [3.8, 4) is 11.5 Å². The molecule has 0 atom stereocenters. The number of rotatable bonds is 6. The van der Waals surface area contributed by atoms with Gasteiger partial charge in [0.05, 0.1) is 22.6 Å². The largest absolute Gasteiger partial charge is 0.493 e. The molecule has 1 fully saturated rings. The molecule has 10 heteroatoms. The SMILES string of the molecule is COc1ccc(/C=C2\SC(=O)N(CC(N)=O)C2=O)cc1OC(=O)c1ccccc1Cl. The first-order chi connectivity index (χ1) is 14.3. The number of amides is 3. The average Bonchev–Trinajstić information content (AvgIpc) is 2.95. The minimum absolute atomic E-state index is 0.104. The van der Waals surface area contributed by atoms with E-state index in [-0.39, 0.29) is 27.0 Å². The number of nitrogens with two attached hydrogens (primary N) is 1. The van der Waals surface area contributed by atoms with E-state index in [0.717, 1.165) is 4.90 Å². The second-order valence-corrected chi connectivity index (χ2v) is 7.41. The molecule has 8 nitrogen and oxygen atoms in total. The lowest BCUT2D eigenvalue weighted by atomic mass is 10.1. The van der Waals surface area contributed by atoms with Gasteiger partial charge in [0.15, 0.2) is 11.5 Å². The first-order valence-corrected chi connectivity index (χ1v) is 9.68. The number of carbonyl (C=O) groups is 4. The number of primary amides is 1. The van der Waals surface area contributed by atoms with Gasteiger partial charge in [0, 0.05) is 0 Å². The van der Waals surface area contributed by atoms with Crippen LogP contribution in [0.2, 0.25) is 5.02 Å². The number of imide groups is 1. The van der Waals surface area contributed by atoms with Crippen LogP contribution in [0.3, 0.4) is 0 Å². The highest BCUT2D eigenvalue weighted by Gasteiger charge is 2.35. The fourth-order valence-electron chi connectivity index (χ4n) is 2.59. The van der Waals surface area contributed by atoms with E-state index >= 15 is 0 Å². The van der Waals surface area contributed by atoms with Crippen LogP contribution < -0.4 is 15.2 Å². The van der Waals surface area contributed by atoms with Gasteiger partial charge >= 0.3 is 5.97 Å². The Morgan fingerprint density at radius 1 is 1.17 bits per heavy atom. The molecule has 1 aliphatic rings. The van der Waals surface area contributed by atoms with Crippen LogP contribution in [0.4, 0.5) is 4.79 Å². The second-order valence-electron chi connectivity index (χ2n) is 6.01. The Balaban J connectivity index is 1.88. The zero-order valence-corrected chi connectivity index (χ0v) is 17.2. The molecule has 2 aromatic rings. The van der Waals surface area contributed by atoms with E-state index in [2.05, 4.69) is 0 Å². The molecule has 0 spiro atoms. The van der Waals surface area contributed by atoms with Crippen molar-refractivity contribution in [3.05, 3.63) is 63.5 Å². The molecule has 1 aliphatic heterocycles. The zero-order valence-electron chi connectivity index (χ0n) is 15.6. The van der Waals surface area contributed by atoms with Gasteiger partial charge in [-0.05, 0) is 47.7 Å². The molecule has 0 aliphatic carbocycles. The highest BCUT2D eigenvalue weighted by Crippen LogP contribution is 2.35. The molecule has 0 saturated carbocycles. The third-order valence-corrected chi connectivity index (χ3v) is 5.21. The van der Waals surface area contributed by atoms with E-state index in [1.165, 1.54) is 25.3 Å². The van der Waals surface area contributed by atoms with Crippen molar-refractivity contribution in [2.24, 2.45) is 5.73 Å². The molecule has 2 N–H and O–H groups in total. The maximum atomic E-state index is 12.5. The molecule has 154 valence electrons. The van der Waals surface area contributed by atoms with E-state index in [1.54, 1.807) is 30.3 Å². The maximum Gasteiger partial charge on any atom is 0.345 e. The Kier molecular flexibility index (Phi) is 6.43. The summed E-state index contributed by atoms with van der Waals surface area (Å²) in [7, 11) is 1.41. The van der Waals surface area contributed by atoms with Crippen molar-refractivity contribution in [1.82, 2.24) is 4.90 Å². The van der Waals surface area contributed by atoms with Crippen LogP contribution in [-0.4, -0.2) is 41.6 Å². The lowest BCUT2D eigenvalue weighted by Crippen LogP contribution is -2.36. The number of hydrogen-bond donors (Lipinski definition) is 1. The van der Waals surface area contributed by atoms with E-state index in [4.69, 9.17) is 26.8 Å². The highest BCUT2D eigenvalue weighted by atomic mass is 35.5. The van der Waals surface area contributed by atoms with Crippen molar-refractivity contribution in [2.45, 2.75) is 0 Å². The lowest BCUT2D eigenvalue weighted by Gasteiger charge is -2.11. The van der Waals surface area contributed by atoms with E-state index < -0.39 is 29.6 Å². The highest BCUT2D eigenvalue weighted by molar-refractivity contribution is 8.18. The summed E-state index contributed by atoms with van der Waals surface area (Å²) in [6.45, 7) is -0.495. The summed E-state index contributed by atoms with van der Waals surface area (Å²) in [6.07, 6.45) is 1.44. The number of ether oxygens (including phenoxy) is 2. The van der Waals surface area contributed by atoms with Crippen LogP contribution >= 0.6 is 23.4 Å². The number of carbonyl (C=O) groups excluding carboxylic acids is 4. The number of benzene rings is 2. The Bertz CT molecular complexity index is 1080. The summed E-state index contributed by atoms with van der Waals surface area (Å²) < 4.78 is 10.6. The van der Waals surface area contributed by atoms with Gasteiger partial charge in [-0.25, -0.2) is 4.79 Å². The van der Waals surface area contributed by atoms with Crippen LogP contribution in [0.5, 0.6) is 11.5 Å². The Morgan fingerprint density at radius 2 is 1.90 bits per heavy atom. The van der Waals surface area contributed by atoms with E-state index in [0.29, 0.717) is 17.3 Å².